The number of nitrogens with one attached hydrogen (secondary N) is 2. The van der Waals surface area contributed by atoms with Crippen molar-refractivity contribution in [3.8, 4) is 0 Å². The van der Waals surface area contributed by atoms with Gasteiger partial charge in [0, 0.05) is 6.04 Å². The normalized spacial score (nSPS) is 12.7. The molecule has 0 heterocycles. The lowest BCUT2D eigenvalue weighted by atomic mass is 9.87. The summed E-state index contributed by atoms with van der Waals surface area (Å²) in [4.78, 5) is 24.8. The number of benzene rings is 2. The summed E-state index contributed by atoms with van der Waals surface area (Å²) in [5.41, 5.74) is 1.36. The molecule has 0 bridgehead atoms. The van der Waals surface area contributed by atoms with Gasteiger partial charge >= 0.3 is 5.97 Å². The first-order valence-electron chi connectivity index (χ1n) is 11.0. The smallest absolute Gasteiger partial charge is 0.340 e. The predicted octanol–water partition coefficient (Wildman–Crippen LogP) is 4.55. The number of carbonyl (C=O) groups is 2. The number of sulfonamides is 1. The molecular formula is C25H34N2O5S. The second kappa shape index (κ2) is 10.8. The third-order valence-electron chi connectivity index (χ3n) is 5.20. The monoisotopic (exact) mass is 474 g/mol. The topological polar surface area (TPSA) is 102 Å². The van der Waals surface area contributed by atoms with Crippen molar-refractivity contribution in [3.63, 3.8) is 0 Å². The summed E-state index contributed by atoms with van der Waals surface area (Å²) < 4.78 is 34.0. The average Bonchev–Trinajstić information content (AvgIpc) is 2.71. The largest absolute Gasteiger partial charge is 0.452 e. The van der Waals surface area contributed by atoms with Crippen LogP contribution in [0.4, 0.5) is 5.69 Å². The van der Waals surface area contributed by atoms with Gasteiger partial charge in [0.1, 0.15) is 0 Å². The molecule has 1 atom stereocenters. The van der Waals surface area contributed by atoms with E-state index in [0.717, 1.165) is 18.4 Å². The highest BCUT2D eigenvalue weighted by molar-refractivity contribution is 7.92. The average molecular weight is 475 g/mol. The Kier molecular flexibility index (Phi) is 8.66. The lowest BCUT2D eigenvalue weighted by Crippen LogP contribution is -2.35. The summed E-state index contributed by atoms with van der Waals surface area (Å²) in [6.07, 6.45) is 1.74. The van der Waals surface area contributed by atoms with Gasteiger partial charge in [-0.15, -0.1) is 0 Å². The third kappa shape index (κ3) is 7.32. The number of rotatable bonds is 9. The Hall–Kier alpha value is -2.87. The number of carbonyl (C=O) groups excluding carboxylic acids is 2. The molecule has 0 saturated heterocycles. The van der Waals surface area contributed by atoms with Crippen molar-refractivity contribution in [3.05, 3.63) is 59.2 Å². The lowest BCUT2D eigenvalue weighted by molar-refractivity contribution is -0.124. The van der Waals surface area contributed by atoms with E-state index in [0.29, 0.717) is 5.56 Å². The Labute approximate surface area is 197 Å². The summed E-state index contributed by atoms with van der Waals surface area (Å²) >= 11 is 0. The van der Waals surface area contributed by atoms with Crippen LogP contribution in [0.1, 0.15) is 68.9 Å². The first-order valence-corrected chi connectivity index (χ1v) is 12.5. The number of anilines is 1. The zero-order valence-corrected chi connectivity index (χ0v) is 21.0. The van der Waals surface area contributed by atoms with E-state index in [1.54, 1.807) is 31.2 Å². The molecule has 2 rings (SSSR count). The number of esters is 1. The molecule has 0 radical (unpaired) electrons. The Morgan fingerprint density at radius 1 is 1.09 bits per heavy atom. The van der Waals surface area contributed by atoms with Gasteiger partial charge in [-0.05, 0) is 55.0 Å². The molecule has 0 aliphatic heterocycles. The van der Waals surface area contributed by atoms with Crippen LogP contribution < -0.4 is 10.0 Å². The Bertz CT molecular complexity index is 1100. The van der Waals surface area contributed by atoms with Crippen molar-refractivity contribution >= 4 is 27.6 Å². The minimum Gasteiger partial charge on any atom is -0.452 e. The molecule has 0 unspecified atom stereocenters. The van der Waals surface area contributed by atoms with Gasteiger partial charge in [0.15, 0.2) is 6.61 Å². The van der Waals surface area contributed by atoms with Gasteiger partial charge < -0.3 is 10.1 Å². The molecular weight excluding hydrogens is 440 g/mol. The van der Waals surface area contributed by atoms with Crippen LogP contribution in [0, 0.1) is 6.92 Å². The fraction of sp³-hybridized carbons (Fsp3) is 0.440. The summed E-state index contributed by atoms with van der Waals surface area (Å²) in [5, 5.41) is 2.76. The molecule has 180 valence electrons. The molecule has 0 aromatic heterocycles. The van der Waals surface area contributed by atoms with E-state index < -0.39 is 28.5 Å². The standard InChI is InChI=1S/C25H34N2O5S/c1-7-10-18(3)26-23(28)16-32-24(29)20-11-8-9-12-21(20)27-33(30,31)22-15-19(25(4,5)6)14-13-17(22)2/h8-9,11-15,18,27H,7,10,16H2,1-6H3,(H,26,28)/t18-/m1/s1. The van der Waals surface area contributed by atoms with Gasteiger partial charge in [-0.2, -0.15) is 0 Å². The summed E-state index contributed by atoms with van der Waals surface area (Å²) in [6, 6.07) is 11.5. The Morgan fingerprint density at radius 2 is 1.76 bits per heavy atom. The van der Waals surface area contributed by atoms with Crippen molar-refractivity contribution in [1.82, 2.24) is 5.32 Å². The maximum atomic E-state index is 13.2. The summed E-state index contributed by atoms with van der Waals surface area (Å²) in [7, 11) is -3.97. The van der Waals surface area contributed by atoms with E-state index in [-0.39, 0.29) is 27.6 Å². The highest BCUT2D eigenvalue weighted by Gasteiger charge is 2.24. The van der Waals surface area contributed by atoms with E-state index in [9.17, 15) is 18.0 Å². The molecule has 1 amide bonds. The van der Waals surface area contributed by atoms with Gasteiger partial charge in [0.05, 0.1) is 16.1 Å². The molecule has 0 aliphatic carbocycles. The number of hydrogen-bond acceptors (Lipinski definition) is 5. The Balaban J connectivity index is 2.22. The number of hydrogen-bond donors (Lipinski definition) is 2. The predicted molar refractivity (Wildman–Crippen MR) is 130 cm³/mol. The van der Waals surface area contributed by atoms with Gasteiger partial charge in [-0.25, -0.2) is 13.2 Å². The first kappa shape index (κ1) is 26.4. The fourth-order valence-electron chi connectivity index (χ4n) is 3.34. The van der Waals surface area contributed by atoms with Gasteiger partial charge in [-0.1, -0.05) is 58.4 Å². The number of ether oxygens (including phenoxy) is 1. The van der Waals surface area contributed by atoms with Crippen LogP contribution >= 0.6 is 0 Å². The van der Waals surface area contributed by atoms with Crippen molar-refractivity contribution in [1.29, 1.82) is 0 Å². The highest BCUT2D eigenvalue weighted by Crippen LogP contribution is 2.28. The molecule has 0 spiro atoms. The summed E-state index contributed by atoms with van der Waals surface area (Å²) in [6.45, 7) is 11.2. The van der Waals surface area contributed by atoms with Crippen LogP contribution in [0.15, 0.2) is 47.4 Å². The van der Waals surface area contributed by atoms with Crippen molar-refractivity contribution in [2.45, 2.75) is 70.7 Å². The molecule has 8 heteroatoms. The zero-order chi connectivity index (χ0) is 24.8. The van der Waals surface area contributed by atoms with E-state index in [4.69, 9.17) is 4.74 Å². The molecule has 0 saturated carbocycles. The van der Waals surface area contributed by atoms with Gasteiger partial charge in [0.25, 0.3) is 15.9 Å². The minimum absolute atomic E-state index is 0.0209. The van der Waals surface area contributed by atoms with Gasteiger partial charge in [0.2, 0.25) is 0 Å². The number of para-hydroxylation sites is 1. The number of amides is 1. The molecule has 33 heavy (non-hydrogen) atoms. The quantitative estimate of drug-likeness (QED) is 0.519. The van der Waals surface area contributed by atoms with Crippen LogP contribution in [-0.2, 0) is 25.0 Å². The van der Waals surface area contributed by atoms with Crippen LogP contribution in [0.2, 0.25) is 0 Å². The van der Waals surface area contributed by atoms with Crippen LogP contribution in [-0.4, -0.2) is 32.9 Å². The van der Waals surface area contributed by atoms with E-state index >= 15 is 0 Å². The zero-order valence-electron chi connectivity index (χ0n) is 20.2. The maximum Gasteiger partial charge on any atom is 0.340 e. The van der Waals surface area contributed by atoms with Crippen LogP contribution in [0.3, 0.4) is 0 Å². The summed E-state index contributed by atoms with van der Waals surface area (Å²) in [5.74, 6) is -1.19. The molecule has 2 aromatic carbocycles. The van der Waals surface area contributed by atoms with Crippen LogP contribution in [0.5, 0.6) is 0 Å². The molecule has 7 nitrogen and oxygen atoms in total. The molecule has 2 N–H and O–H groups in total. The van der Waals surface area contributed by atoms with Gasteiger partial charge in [-0.3, -0.25) is 9.52 Å². The SMILES string of the molecule is CCC[C@@H](C)NC(=O)COC(=O)c1ccccc1NS(=O)(=O)c1cc(C(C)(C)C)ccc1C. The minimum atomic E-state index is -3.97. The first-order chi connectivity index (χ1) is 15.3. The highest BCUT2D eigenvalue weighted by atomic mass is 32.2. The number of aryl methyl sites for hydroxylation is 1. The second-order valence-electron chi connectivity index (χ2n) is 9.21. The van der Waals surface area contributed by atoms with E-state index in [1.807, 2.05) is 40.7 Å². The van der Waals surface area contributed by atoms with E-state index in [1.165, 1.54) is 12.1 Å². The fourth-order valence-corrected chi connectivity index (χ4v) is 4.69. The maximum absolute atomic E-state index is 13.2. The Morgan fingerprint density at radius 3 is 2.39 bits per heavy atom. The molecule has 2 aromatic rings. The van der Waals surface area contributed by atoms with Crippen LogP contribution in [0.25, 0.3) is 0 Å². The van der Waals surface area contributed by atoms with E-state index in [2.05, 4.69) is 10.0 Å². The molecule has 0 aliphatic rings. The lowest BCUT2D eigenvalue weighted by Gasteiger charge is -2.21. The van der Waals surface area contributed by atoms with Crippen molar-refractivity contribution in [2.75, 3.05) is 11.3 Å². The van der Waals surface area contributed by atoms with Crippen molar-refractivity contribution < 1.29 is 22.7 Å². The molecule has 0 fully saturated rings. The third-order valence-corrected chi connectivity index (χ3v) is 6.71. The second-order valence-corrected chi connectivity index (χ2v) is 10.9. The van der Waals surface area contributed by atoms with Crippen molar-refractivity contribution in [2.24, 2.45) is 0 Å².